The van der Waals surface area contributed by atoms with Gasteiger partial charge in [0.15, 0.2) is 11.5 Å². The zero-order chi connectivity index (χ0) is 17.3. The van der Waals surface area contributed by atoms with E-state index in [1.807, 2.05) is 0 Å². The number of ether oxygens (including phenoxy) is 2. The van der Waals surface area contributed by atoms with Gasteiger partial charge in [-0.3, -0.25) is 0 Å². The van der Waals surface area contributed by atoms with E-state index in [2.05, 4.69) is 15.3 Å². The average Bonchev–Trinajstić information content (AvgIpc) is 2.60. The van der Waals surface area contributed by atoms with E-state index in [0.717, 1.165) is 0 Å². The highest BCUT2D eigenvalue weighted by atomic mass is 35.5. The summed E-state index contributed by atoms with van der Waals surface area (Å²) in [5, 5.41) is 13.4. The maximum absolute atomic E-state index is 14.1. The zero-order valence-corrected chi connectivity index (χ0v) is 14.6. The number of hydrogen-bond acceptors (Lipinski definition) is 6. The summed E-state index contributed by atoms with van der Waals surface area (Å²) in [7, 11) is 3.06. The number of aromatic nitrogens is 2. The number of methoxy groups -OCH3 is 2. The number of fused-ring (bicyclic) bond motifs is 1. The summed E-state index contributed by atoms with van der Waals surface area (Å²) in [6.45, 7) is 1.62. The fraction of sp³-hybridized carbons (Fsp3) is 0.176. The van der Waals surface area contributed by atoms with Gasteiger partial charge in [0.25, 0.3) is 0 Å². The van der Waals surface area contributed by atoms with Crippen LogP contribution >= 0.6 is 12.4 Å². The number of halogens is 2. The number of anilines is 2. The molecule has 0 aliphatic heterocycles. The van der Waals surface area contributed by atoms with Crippen molar-refractivity contribution < 1.29 is 19.0 Å². The lowest BCUT2D eigenvalue weighted by Crippen LogP contribution is -2.01. The largest absolute Gasteiger partial charge is 0.508 e. The molecule has 0 atom stereocenters. The van der Waals surface area contributed by atoms with Crippen molar-refractivity contribution in [1.82, 2.24) is 9.97 Å². The van der Waals surface area contributed by atoms with Gasteiger partial charge >= 0.3 is 0 Å². The summed E-state index contributed by atoms with van der Waals surface area (Å²) < 4.78 is 24.7. The van der Waals surface area contributed by atoms with Gasteiger partial charge in [-0.05, 0) is 25.1 Å². The second kappa shape index (κ2) is 7.40. The predicted molar refractivity (Wildman–Crippen MR) is 96.0 cm³/mol. The van der Waals surface area contributed by atoms with Gasteiger partial charge in [-0.2, -0.15) is 0 Å². The van der Waals surface area contributed by atoms with Gasteiger partial charge in [0.05, 0.1) is 25.4 Å². The van der Waals surface area contributed by atoms with Crippen molar-refractivity contribution >= 4 is 34.8 Å². The highest BCUT2D eigenvalue weighted by Gasteiger charge is 2.14. The Hall–Kier alpha value is -2.80. The molecule has 2 aromatic carbocycles. The number of nitrogens with zero attached hydrogens (tertiary/aromatic N) is 2. The minimum atomic E-state index is -0.488. The molecule has 2 N–H and O–H groups in total. The van der Waals surface area contributed by atoms with Crippen LogP contribution in [0.15, 0.2) is 30.6 Å². The van der Waals surface area contributed by atoms with Crippen LogP contribution in [0.4, 0.5) is 15.9 Å². The lowest BCUT2D eigenvalue weighted by molar-refractivity contribution is 0.356. The van der Waals surface area contributed by atoms with Crippen LogP contribution in [0.25, 0.3) is 10.9 Å². The van der Waals surface area contributed by atoms with Gasteiger partial charge in [0.1, 0.15) is 23.7 Å². The van der Waals surface area contributed by atoms with E-state index < -0.39 is 5.82 Å². The normalized spacial score (nSPS) is 10.2. The van der Waals surface area contributed by atoms with Crippen molar-refractivity contribution in [1.29, 1.82) is 0 Å². The van der Waals surface area contributed by atoms with Crippen LogP contribution < -0.4 is 14.8 Å². The number of aromatic hydroxyl groups is 1. The van der Waals surface area contributed by atoms with Crippen LogP contribution in [0, 0.1) is 12.7 Å². The lowest BCUT2D eigenvalue weighted by Gasteiger charge is -2.14. The molecule has 0 radical (unpaired) electrons. The summed E-state index contributed by atoms with van der Waals surface area (Å²) in [5.74, 6) is 0.952. The summed E-state index contributed by atoms with van der Waals surface area (Å²) in [6, 6.07) is 5.93. The molecular formula is C17H17ClFN3O3. The highest BCUT2D eigenvalue weighted by molar-refractivity contribution is 5.93. The van der Waals surface area contributed by atoms with Crippen molar-refractivity contribution in [2.24, 2.45) is 0 Å². The quantitative estimate of drug-likeness (QED) is 0.728. The maximum Gasteiger partial charge on any atom is 0.162 e. The number of nitrogens with one attached hydrogen (secondary N) is 1. The minimum Gasteiger partial charge on any atom is -0.508 e. The monoisotopic (exact) mass is 365 g/mol. The van der Waals surface area contributed by atoms with E-state index >= 15 is 0 Å². The van der Waals surface area contributed by atoms with E-state index in [9.17, 15) is 9.50 Å². The molecule has 3 aromatic rings. The van der Waals surface area contributed by atoms with Crippen molar-refractivity contribution in [3.8, 4) is 17.2 Å². The molecule has 3 rings (SSSR count). The van der Waals surface area contributed by atoms with Gasteiger partial charge in [0, 0.05) is 17.0 Å². The number of phenolic OH excluding ortho intramolecular Hbond substituents is 1. The molecule has 0 spiro atoms. The van der Waals surface area contributed by atoms with E-state index in [-0.39, 0.29) is 23.8 Å². The molecule has 0 saturated heterocycles. The highest BCUT2D eigenvalue weighted by Crippen LogP contribution is 2.36. The van der Waals surface area contributed by atoms with Gasteiger partial charge in [0.2, 0.25) is 0 Å². The molecule has 0 fully saturated rings. The van der Waals surface area contributed by atoms with Crippen LogP contribution in [0.5, 0.6) is 17.2 Å². The summed E-state index contributed by atoms with van der Waals surface area (Å²) in [4.78, 5) is 8.38. The molecule has 0 unspecified atom stereocenters. The second-order valence-corrected chi connectivity index (χ2v) is 5.14. The topological polar surface area (TPSA) is 76.5 Å². The van der Waals surface area contributed by atoms with Crippen LogP contribution in [-0.4, -0.2) is 29.3 Å². The van der Waals surface area contributed by atoms with E-state index in [4.69, 9.17) is 9.47 Å². The summed E-state index contributed by atoms with van der Waals surface area (Å²) >= 11 is 0. The van der Waals surface area contributed by atoms with Crippen LogP contribution in [0.1, 0.15) is 5.56 Å². The molecule has 0 saturated carbocycles. The molecule has 0 bridgehead atoms. The molecule has 8 heteroatoms. The Morgan fingerprint density at radius 2 is 1.76 bits per heavy atom. The fourth-order valence-corrected chi connectivity index (χ4v) is 2.42. The van der Waals surface area contributed by atoms with Crippen molar-refractivity contribution in [2.75, 3.05) is 19.5 Å². The molecule has 132 valence electrons. The van der Waals surface area contributed by atoms with E-state index in [1.165, 1.54) is 32.7 Å². The Balaban J connectivity index is 0.00000225. The van der Waals surface area contributed by atoms with Crippen LogP contribution in [0.3, 0.4) is 0 Å². The Kier molecular flexibility index (Phi) is 5.48. The molecule has 25 heavy (non-hydrogen) atoms. The summed E-state index contributed by atoms with van der Waals surface area (Å²) in [5.41, 5.74) is 1.16. The number of rotatable bonds is 4. The molecule has 0 aliphatic rings. The Labute approximate surface area is 150 Å². The zero-order valence-electron chi connectivity index (χ0n) is 13.8. The van der Waals surface area contributed by atoms with Crippen molar-refractivity contribution in [2.45, 2.75) is 6.92 Å². The third kappa shape index (κ3) is 3.36. The van der Waals surface area contributed by atoms with E-state index in [1.54, 1.807) is 19.1 Å². The minimum absolute atomic E-state index is 0. The number of phenols is 1. The first-order chi connectivity index (χ1) is 11.5. The van der Waals surface area contributed by atoms with Crippen LogP contribution in [-0.2, 0) is 0 Å². The molecule has 0 aliphatic carbocycles. The molecule has 1 aromatic heterocycles. The van der Waals surface area contributed by atoms with Crippen molar-refractivity contribution in [3.63, 3.8) is 0 Å². The Morgan fingerprint density at radius 3 is 2.44 bits per heavy atom. The fourth-order valence-electron chi connectivity index (χ4n) is 2.42. The van der Waals surface area contributed by atoms with Crippen LogP contribution in [0.2, 0.25) is 0 Å². The Morgan fingerprint density at radius 1 is 1.08 bits per heavy atom. The lowest BCUT2D eigenvalue weighted by atomic mass is 10.1. The number of hydrogen-bond donors (Lipinski definition) is 2. The SMILES string of the molecule is COc1cc2ncnc(Nc3c(F)ccc(O)c3C)c2cc1OC.Cl. The van der Waals surface area contributed by atoms with Crippen molar-refractivity contribution in [3.05, 3.63) is 42.0 Å². The number of benzene rings is 2. The average molecular weight is 366 g/mol. The first-order valence-corrected chi connectivity index (χ1v) is 7.17. The van der Waals surface area contributed by atoms with Gasteiger partial charge in [-0.1, -0.05) is 0 Å². The van der Waals surface area contributed by atoms with E-state index in [0.29, 0.717) is 33.8 Å². The maximum atomic E-state index is 14.1. The molecule has 1 heterocycles. The third-order valence-corrected chi connectivity index (χ3v) is 3.77. The van der Waals surface area contributed by atoms with Gasteiger partial charge in [-0.25, -0.2) is 14.4 Å². The third-order valence-electron chi connectivity index (χ3n) is 3.77. The Bertz CT molecular complexity index is 921. The first kappa shape index (κ1) is 18.5. The standard InChI is InChI=1S/C17H16FN3O3.ClH/c1-9-13(22)5-4-11(18)16(9)21-17-10-6-14(23-2)15(24-3)7-12(10)19-8-20-17;/h4-8,22H,1-3H3,(H,19,20,21);1H. The molecule has 6 nitrogen and oxygen atoms in total. The molecule has 0 amide bonds. The van der Waals surface area contributed by atoms with Gasteiger partial charge < -0.3 is 19.9 Å². The second-order valence-electron chi connectivity index (χ2n) is 5.14. The van der Waals surface area contributed by atoms with Gasteiger partial charge in [-0.15, -0.1) is 12.4 Å². The molecular weight excluding hydrogens is 349 g/mol. The first-order valence-electron chi connectivity index (χ1n) is 7.17. The summed E-state index contributed by atoms with van der Waals surface area (Å²) in [6.07, 6.45) is 1.37. The smallest absolute Gasteiger partial charge is 0.162 e. The predicted octanol–water partition coefficient (Wildman–Crippen LogP) is 3.97.